The monoisotopic (exact) mass is 207 g/mol. The van der Waals surface area contributed by atoms with Crippen molar-refractivity contribution in [3.8, 4) is 0 Å². The third kappa shape index (κ3) is 1.07. The molecule has 0 spiro atoms. The lowest BCUT2D eigenvalue weighted by molar-refractivity contribution is 0.742. The van der Waals surface area contributed by atoms with Crippen LogP contribution in [0.2, 0.25) is 0 Å². The first kappa shape index (κ1) is 9.28. The molecule has 3 heteroatoms. The number of hydrogen-bond donors (Lipinski definition) is 0. The standard InChI is InChI=1S/C11H9NO.ClH/c13-10-5-4-8-2-1-3-9-6-7-12(10)11(8)9;/h1-5H,6-7H2;1H. The highest BCUT2D eigenvalue weighted by atomic mass is 35.5. The normalized spacial score (nSPS) is 12.9. The Morgan fingerprint density at radius 1 is 1.14 bits per heavy atom. The van der Waals surface area contributed by atoms with Gasteiger partial charge in [-0.15, -0.1) is 12.4 Å². The minimum absolute atomic E-state index is 0. The lowest BCUT2D eigenvalue weighted by atomic mass is 10.1. The molecule has 0 radical (unpaired) electrons. The lowest BCUT2D eigenvalue weighted by Crippen LogP contribution is -2.15. The average Bonchev–Trinajstić information content (AvgIpc) is 2.57. The summed E-state index contributed by atoms with van der Waals surface area (Å²) >= 11 is 0. The van der Waals surface area contributed by atoms with Gasteiger partial charge >= 0.3 is 0 Å². The molecular formula is C11H10ClNO. The Kier molecular flexibility index (Phi) is 2.08. The highest BCUT2D eigenvalue weighted by molar-refractivity contribution is 5.85. The first-order valence-electron chi connectivity index (χ1n) is 4.48. The Morgan fingerprint density at radius 3 is 2.86 bits per heavy atom. The zero-order chi connectivity index (χ0) is 8.84. The van der Waals surface area contributed by atoms with Crippen molar-refractivity contribution in [1.29, 1.82) is 0 Å². The molecule has 0 unspecified atom stereocenters. The Morgan fingerprint density at radius 2 is 2.00 bits per heavy atom. The molecule has 72 valence electrons. The van der Waals surface area contributed by atoms with Crippen molar-refractivity contribution in [2.24, 2.45) is 0 Å². The van der Waals surface area contributed by atoms with E-state index >= 15 is 0 Å². The predicted octanol–water partition coefficient (Wildman–Crippen LogP) is 1.98. The fraction of sp³-hybridized carbons (Fsp3) is 0.182. The molecule has 0 amide bonds. The molecule has 3 rings (SSSR count). The molecule has 0 saturated heterocycles. The fourth-order valence-electron chi connectivity index (χ4n) is 2.09. The number of aryl methyl sites for hydroxylation is 2. The first-order valence-corrected chi connectivity index (χ1v) is 4.48. The van der Waals surface area contributed by atoms with Crippen LogP contribution in [0.1, 0.15) is 5.56 Å². The van der Waals surface area contributed by atoms with Gasteiger partial charge in [0.1, 0.15) is 0 Å². The van der Waals surface area contributed by atoms with Crippen molar-refractivity contribution in [2.45, 2.75) is 13.0 Å². The van der Waals surface area contributed by atoms with Gasteiger partial charge in [-0.2, -0.15) is 0 Å². The maximum Gasteiger partial charge on any atom is 0.251 e. The summed E-state index contributed by atoms with van der Waals surface area (Å²) in [7, 11) is 0. The number of halogens is 1. The molecule has 1 aromatic carbocycles. The largest absolute Gasteiger partial charge is 0.308 e. The summed E-state index contributed by atoms with van der Waals surface area (Å²) in [5.41, 5.74) is 2.56. The fourth-order valence-corrected chi connectivity index (χ4v) is 2.09. The van der Waals surface area contributed by atoms with Gasteiger partial charge in [0.15, 0.2) is 0 Å². The number of hydrogen-bond acceptors (Lipinski definition) is 1. The van der Waals surface area contributed by atoms with E-state index in [-0.39, 0.29) is 18.0 Å². The van der Waals surface area contributed by atoms with Crippen molar-refractivity contribution in [3.05, 3.63) is 46.2 Å². The van der Waals surface area contributed by atoms with E-state index < -0.39 is 0 Å². The van der Waals surface area contributed by atoms with Gasteiger partial charge in [0.05, 0.1) is 5.52 Å². The summed E-state index contributed by atoms with van der Waals surface area (Å²) in [5, 5.41) is 1.18. The zero-order valence-corrected chi connectivity index (χ0v) is 8.38. The van der Waals surface area contributed by atoms with Gasteiger partial charge in [-0.05, 0) is 23.4 Å². The summed E-state index contributed by atoms with van der Waals surface area (Å²) in [6.45, 7) is 0.843. The quantitative estimate of drug-likeness (QED) is 0.648. The van der Waals surface area contributed by atoms with Crippen LogP contribution < -0.4 is 5.56 Å². The van der Waals surface area contributed by atoms with Crippen molar-refractivity contribution >= 4 is 23.3 Å². The van der Waals surface area contributed by atoms with Crippen molar-refractivity contribution in [1.82, 2.24) is 4.57 Å². The number of pyridine rings is 1. The van der Waals surface area contributed by atoms with Gasteiger partial charge in [-0.25, -0.2) is 0 Å². The van der Waals surface area contributed by atoms with Crippen LogP contribution in [-0.2, 0) is 13.0 Å². The highest BCUT2D eigenvalue weighted by Gasteiger charge is 2.13. The van der Waals surface area contributed by atoms with Crippen LogP contribution in [0.4, 0.5) is 0 Å². The highest BCUT2D eigenvalue weighted by Crippen LogP contribution is 2.22. The number of benzene rings is 1. The summed E-state index contributed by atoms with van der Waals surface area (Å²) in [4.78, 5) is 11.5. The summed E-state index contributed by atoms with van der Waals surface area (Å²) in [6.07, 6.45) is 0.997. The van der Waals surface area contributed by atoms with E-state index in [4.69, 9.17) is 0 Å². The molecule has 1 aliphatic rings. The zero-order valence-electron chi connectivity index (χ0n) is 7.56. The smallest absolute Gasteiger partial charge is 0.251 e. The van der Waals surface area contributed by atoms with Gasteiger partial charge in [0.2, 0.25) is 0 Å². The maximum atomic E-state index is 11.5. The van der Waals surface area contributed by atoms with E-state index in [1.807, 2.05) is 10.6 Å². The minimum atomic E-state index is 0. The van der Waals surface area contributed by atoms with E-state index in [0.29, 0.717) is 0 Å². The number of para-hydroxylation sites is 1. The molecule has 2 heterocycles. The van der Waals surface area contributed by atoms with E-state index in [1.165, 1.54) is 10.9 Å². The van der Waals surface area contributed by atoms with Gasteiger partial charge in [0, 0.05) is 12.6 Å². The van der Waals surface area contributed by atoms with Crippen LogP contribution in [0.3, 0.4) is 0 Å². The van der Waals surface area contributed by atoms with Crippen LogP contribution in [0.15, 0.2) is 35.1 Å². The third-order valence-corrected chi connectivity index (χ3v) is 2.70. The molecule has 1 aliphatic heterocycles. The molecule has 0 atom stereocenters. The number of rotatable bonds is 0. The second-order valence-corrected chi connectivity index (χ2v) is 3.43. The molecular weight excluding hydrogens is 198 g/mol. The Hall–Kier alpha value is -1.28. The Balaban J connectivity index is 0.000000750. The van der Waals surface area contributed by atoms with Crippen molar-refractivity contribution < 1.29 is 0 Å². The summed E-state index contributed by atoms with van der Waals surface area (Å²) in [5.74, 6) is 0. The van der Waals surface area contributed by atoms with E-state index in [0.717, 1.165) is 18.5 Å². The Labute approximate surface area is 87.6 Å². The molecule has 1 aromatic heterocycles. The first-order chi connectivity index (χ1) is 6.36. The average molecular weight is 208 g/mol. The second-order valence-electron chi connectivity index (χ2n) is 3.43. The van der Waals surface area contributed by atoms with E-state index in [9.17, 15) is 4.79 Å². The Bertz CT molecular complexity index is 544. The predicted molar refractivity (Wildman–Crippen MR) is 59.2 cm³/mol. The van der Waals surface area contributed by atoms with Gasteiger partial charge < -0.3 is 4.57 Å². The van der Waals surface area contributed by atoms with Crippen molar-refractivity contribution in [2.75, 3.05) is 0 Å². The topological polar surface area (TPSA) is 22.0 Å². The SMILES string of the molecule is Cl.O=c1ccc2cccc3c2n1CC3. The second kappa shape index (κ2) is 3.14. The van der Waals surface area contributed by atoms with Crippen molar-refractivity contribution in [3.63, 3.8) is 0 Å². The van der Waals surface area contributed by atoms with Gasteiger partial charge in [0.25, 0.3) is 5.56 Å². The van der Waals surface area contributed by atoms with Crippen LogP contribution in [0, 0.1) is 0 Å². The molecule has 0 N–H and O–H groups in total. The molecule has 0 fully saturated rings. The molecule has 14 heavy (non-hydrogen) atoms. The lowest BCUT2D eigenvalue weighted by Gasteiger charge is -2.01. The van der Waals surface area contributed by atoms with Crippen LogP contribution in [-0.4, -0.2) is 4.57 Å². The van der Waals surface area contributed by atoms with Crippen LogP contribution in [0.25, 0.3) is 10.9 Å². The molecule has 2 aromatic rings. The van der Waals surface area contributed by atoms with E-state index in [1.54, 1.807) is 6.07 Å². The molecule has 0 aliphatic carbocycles. The van der Waals surface area contributed by atoms with E-state index in [2.05, 4.69) is 18.2 Å². The van der Waals surface area contributed by atoms with Gasteiger partial charge in [-0.1, -0.05) is 18.2 Å². The summed E-state index contributed by atoms with van der Waals surface area (Å²) in [6, 6.07) is 9.77. The van der Waals surface area contributed by atoms with Crippen LogP contribution >= 0.6 is 12.4 Å². The van der Waals surface area contributed by atoms with Gasteiger partial charge in [-0.3, -0.25) is 4.79 Å². The molecule has 0 saturated carbocycles. The number of aromatic nitrogens is 1. The molecule has 2 nitrogen and oxygen atoms in total. The molecule has 0 bridgehead atoms. The maximum absolute atomic E-state index is 11.5. The van der Waals surface area contributed by atoms with Crippen LogP contribution in [0.5, 0.6) is 0 Å². The summed E-state index contributed by atoms with van der Waals surface area (Å²) < 4.78 is 1.87. The number of nitrogens with zero attached hydrogens (tertiary/aromatic N) is 1. The third-order valence-electron chi connectivity index (χ3n) is 2.70. The minimum Gasteiger partial charge on any atom is -0.308 e.